The van der Waals surface area contributed by atoms with E-state index in [4.69, 9.17) is 4.74 Å². The van der Waals surface area contributed by atoms with Gasteiger partial charge in [-0.2, -0.15) is 5.10 Å². The molecule has 154 valence electrons. The largest absolute Gasteiger partial charge is 0.493 e. The molecule has 0 spiro atoms. The van der Waals surface area contributed by atoms with E-state index >= 15 is 4.39 Å². The summed E-state index contributed by atoms with van der Waals surface area (Å²) in [7, 11) is 3.82. The van der Waals surface area contributed by atoms with Crippen LogP contribution in [0.5, 0.6) is 5.75 Å². The van der Waals surface area contributed by atoms with Crippen molar-refractivity contribution in [3.63, 3.8) is 0 Å². The van der Waals surface area contributed by atoms with Crippen LogP contribution in [-0.2, 0) is 7.05 Å². The van der Waals surface area contributed by atoms with Crippen molar-refractivity contribution < 1.29 is 9.13 Å². The van der Waals surface area contributed by atoms with Crippen LogP contribution >= 0.6 is 0 Å². The van der Waals surface area contributed by atoms with E-state index in [9.17, 15) is 0 Å². The number of aryl methyl sites for hydroxylation is 1. The monoisotopic (exact) mass is 403 g/mol. The predicted octanol–water partition coefficient (Wildman–Crippen LogP) is 5.42. The molecule has 0 fully saturated rings. The van der Waals surface area contributed by atoms with Crippen LogP contribution in [0.4, 0.5) is 4.39 Å². The summed E-state index contributed by atoms with van der Waals surface area (Å²) < 4.78 is 23.0. The van der Waals surface area contributed by atoms with Gasteiger partial charge in [0.2, 0.25) is 0 Å². The summed E-state index contributed by atoms with van der Waals surface area (Å²) >= 11 is 0. The molecule has 3 aromatic carbocycles. The lowest BCUT2D eigenvalue weighted by Gasteiger charge is -2.12. The quantitative estimate of drug-likeness (QED) is 0.399. The highest BCUT2D eigenvalue weighted by molar-refractivity contribution is 5.93. The smallest absolute Gasteiger partial charge is 0.133 e. The number of rotatable bonds is 8. The molecule has 1 heterocycles. The molecule has 0 atom stereocenters. The SMILES string of the molecule is CNCCCCOc1ccccc1-c1ccc(-c2nn(C)c3ccccc23)c(F)c1. The van der Waals surface area contributed by atoms with Gasteiger partial charge in [0.25, 0.3) is 0 Å². The molecular formula is C25H26FN3O. The molecule has 0 saturated heterocycles. The van der Waals surface area contributed by atoms with Gasteiger partial charge in [0.05, 0.1) is 12.1 Å². The molecule has 0 aliphatic rings. The van der Waals surface area contributed by atoms with Crippen LogP contribution < -0.4 is 10.1 Å². The van der Waals surface area contributed by atoms with Crippen LogP contribution in [0.1, 0.15) is 12.8 Å². The fraction of sp³-hybridized carbons (Fsp3) is 0.240. The zero-order chi connectivity index (χ0) is 20.9. The Labute approximate surface area is 176 Å². The van der Waals surface area contributed by atoms with Crippen molar-refractivity contribution in [1.82, 2.24) is 15.1 Å². The summed E-state index contributed by atoms with van der Waals surface area (Å²) in [6, 6.07) is 21.0. The Morgan fingerprint density at radius 1 is 0.967 bits per heavy atom. The van der Waals surface area contributed by atoms with Crippen LogP contribution in [0, 0.1) is 5.82 Å². The van der Waals surface area contributed by atoms with E-state index in [1.807, 2.05) is 74.8 Å². The third kappa shape index (κ3) is 4.07. The van der Waals surface area contributed by atoms with Crippen LogP contribution in [0.15, 0.2) is 66.7 Å². The van der Waals surface area contributed by atoms with E-state index < -0.39 is 0 Å². The Bertz CT molecular complexity index is 1150. The number of unbranched alkanes of at least 4 members (excludes halogenated alkanes) is 1. The van der Waals surface area contributed by atoms with Crippen LogP contribution in [-0.4, -0.2) is 30.0 Å². The normalized spacial score (nSPS) is 11.2. The van der Waals surface area contributed by atoms with Crippen molar-refractivity contribution in [1.29, 1.82) is 0 Å². The fourth-order valence-electron chi connectivity index (χ4n) is 3.70. The first-order valence-corrected chi connectivity index (χ1v) is 10.3. The zero-order valence-corrected chi connectivity index (χ0v) is 17.4. The Morgan fingerprint density at radius 2 is 1.77 bits per heavy atom. The molecular weight excluding hydrogens is 377 g/mol. The lowest BCUT2D eigenvalue weighted by Crippen LogP contribution is -2.09. The Balaban J connectivity index is 1.63. The minimum atomic E-state index is -0.292. The van der Waals surface area contributed by atoms with Crippen molar-refractivity contribution in [2.75, 3.05) is 20.2 Å². The third-order valence-electron chi connectivity index (χ3n) is 5.26. The van der Waals surface area contributed by atoms with Crippen molar-refractivity contribution >= 4 is 10.9 Å². The highest BCUT2D eigenvalue weighted by atomic mass is 19.1. The topological polar surface area (TPSA) is 39.1 Å². The highest BCUT2D eigenvalue weighted by Gasteiger charge is 2.16. The molecule has 5 heteroatoms. The third-order valence-corrected chi connectivity index (χ3v) is 5.26. The standard InChI is InChI=1S/C25H26FN3O/c1-27-15-7-8-16-30-24-12-6-4-9-19(24)18-13-14-20(22(26)17-18)25-21-10-3-5-11-23(21)29(2)28-25/h3-6,9-14,17,27H,7-8,15-16H2,1-2H3. The summed E-state index contributed by atoms with van der Waals surface area (Å²) in [5, 5.41) is 8.63. The molecule has 0 radical (unpaired) electrons. The van der Waals surface area contributed by atoms with Crippen molar-refractivity contribution in [2.45, 2.75) is 12.8 Å². The van der Waals surface area contributed by atoms with E-state index in [1.54, 1.807) is 10.7 Å². The van der Waals surface area contributed by atoms with Gasteiger partial charge < -0.3 is 10.1 Å². The second-order valence-corrected chi connectivity index (χ2v) is 7.34. The Morgan fingerprint density at radius 3 is 2.60 bits per heavy atom. The number of fused-ring (bicyclic) bond motifs is 1. The molecule has 0 saturated carbocycles. The summed E-state index contributed by atoms with van der Waals surface area (Å²) in [5.41, 5.74) is 3.82. The predicted molar refractivity (Wildman–Crippen MR) is 120 cm³/mol. The number of halogens is 1. The van der Waals surface area contributed by atoms with Gasteiger partial charge in [-0.3, -0.25) is 4.68 Å². The summed E-state index contributed by atoms with van der Waals surface area (Å²) in [6.07, 6.45) is 2.02. The number of para-hydroxylation sites is 2. The van der Waals surface area contributed by atoms with E-state index in [2.05, 4.69) is 10.4 Å². The number of nitrogens with zero attached hydrogens (tertiary/aromatic N) is 2. The molecule has 1 N–H and O–H groups in total. The number of ether oxygens (including phenoxy) is 1. The van der Waals surface area contributed by atoms with Gasteiger partial charge in [0, 0.05) is 23.6 Å². The Hall–Kier alpha value is -3.18. The molecule has 4 nitrogen and oxygen atoms in total. The van der Waals surface area contributed by atoms with Gasteiger partial charge in [0.1, 0.15) is 17.3 Å². The molecule has 0 bridgehead atoms. The van der Waals surface area contributed by atoms with E-state index in [-0.39, 0.29) is 5.82 Å². The Kier molecular flexibility index (Phi) is 6.10. The van der Waals surface area contributed by atoms with Crippen LogP contribution in [0.25, 0.3) is 33.3 Å². The second kappa shape index (κ2) is 9.09. The average molecular weight is 404 g/mol. The lowest BCUT2D eigenvalue weighted by molar-refractivity contribution is 0.307. The van der Waals surface area contributed by atoms with Crippen molar-refractivity contribution in [2.24, 2.45) is 7.05 Å². The van der Waals surface area contributed by atoms with Gasteiger partial charge >= 0.3 is 0 Å². The minimum Gasteiger partial charge on any atom is -0.493 e. The maximum atomic E-state index is 15.2. The number of nitrogens with one attached hydrogen (secondary N) is 1. The first-order valence-electron chi connectivity index (χ1n) is 10.3. The zero-order valence-electron chi connectivity index (χ0n) is 17.4. The van der Waals surface area contributed by atoms with Gasteiger partial charge in [-0.05, 0) is 56.3 Å². The van der Waals surface area contributed by atoms with E-state index in [0.29, 0.717) is 17.9 Å². The maximum Gasteiger partial charge on any atom is 0.133 e. The van der Waals surface area contributed by atoms with Gasteiger partial charge in [-0.1, -0.05) is 42.5 Å². The second-order valence-electron chi connectivity index (χ2n) is 7.34. The maximum absolute atomic E-state index is 15.2. The molecule has 4 aromatic rings. The molecule has 0 unspecified atom stereocenters. The first-order chi connectivity index (χ1) is 14.7. The minimum absolute atomic E-state index is 0.292. The summed E-state index contributed by atoms with van der Waals surface area (Å²) in [6.45, 7) is 1.61. The fourth-order valence-corrected chi connectivity index (χ4v) is 3.70. The van der Waals surface area contributed by atoms with Crippen LogP contribution in [0.2, 0.25) is 0 Å². The van der Waals surface area contributed by atoms with Crippen LogP contribution in [0.3, 0.4) is 0 Å². The van der Waals surface area contributed by atoms with Crippen molar-refractivity contribution in [3.8, 4) is 28.1 Å². The van der Waals surface area contributed by atoms with Gasteiger partial charge in [-0.25, -0.2) is 4.39 Å². The summed E-state index contributed by atoms with van der Waals surface area (Å²) in [4.78, 5) is 0. The average Bonchev–Trinajstić information content (AvgIpc) is 3.10. The molecule has 30 heavy (non-hydrogen) atoms. The molecule has 0 aliphatic carbocycles. The van der Waals surface area contributed by atoms with E-state index in [1.165, 1.54) is 0 Å². The molecule has 0 amide bonds. The first kappa shape index (κ1) is 20.1. The number of hydrogen-bond donors (Lipinski definition) is 1. The number of aromatic nitrogens is 2. The van der Waals surface area contributed by atoms with E-state index in [0.717, 1.165) is 47.2 Å². The molecule has 1 aromatic heterocycles. The van der Waals surface area contributed by atoms with Gasteiger partial charge in [-0.15, -0.1) is 0 Å². The summed E-state index contributed by atoms with van der Waals surface area (Å²) in [5.74, 6) is 0.484. The number of benzene rings is 3. The molecule has 0 aliphatic heterocycles. The van der Waals surface area contributed by atoms with Gasteiger partial charge in [0.15, 0.2) is 0 Å². The highest BCUT2D eigenvalue weighted by Crippen LogP contribution is 2.35. The lowest BCUT2D eigenvalue weighted by atomic mass is 10.00. The van der Waals surface area contributed by atoms with Crippen molar-refractivity contribution in [3.05, 3.63) is 72.5 Å². The molecule has 4 rings (SSSR count). The number of hydrogen-bond acceptors (Lipinski definition) is 3.